The topological polar surface area (TPSA) is 26.3 Å². The van der Waals surface area contributed by atoms with E-state index in [0.717, 1.165) is 5.56 Å². The summed E-state index contributed by atoms with van der Waals surface area (Å²) in [5.41, 5.74) is 1.09. The molecule has 1 saturated heterocycles. The van der Waals surface area contributed by atoms with Gasteiger partial charge in [-0.3, -0.25) is 4.79 Å². The van der Waals surface area contributed by atoms with Gasteiger partial charge >= 0.3 is 0 Å². The molecule has 1 aromatic rings. The molecule has 0 aliphatic carbocycles. The molecule has 3 heteroatoms. The summed E-state index contributed by atoms with van der Waals surface area (Å²) in [4.78, 5) is 11.1. The first-order valence-corrected chi connectivity index (χ1v) is 5.17. The van der Waals surface area contributed by atoms with E-state index in [1.165, 1.54) is 11.8 Å². The molecule has 1 atom stereocenters. The van der Waals surface area contributed by atoms with Crippen molar-refractivity contribution in [3.05, 3.63) is 35.9 Å². The molecule has 1 unspecified atom stereocenters. The van der Waals surface area contributed by atoms with E-state index in [1.54, 1.807) is 0 Å². The molecule has 1 aromatic carbocycles. The third-order valence-electron chi connectivity index (χ3n) is 2.01. The van der Waals surface area contributed by atoms with Crippen molar-refractivity contribution in [1.29, 1.82) is 0 Å². The van der Waals surface area contributed by atoms with Crippen LogP contribution < -0.4 is 0 Å². The Morgan fingerprint density at radius 1 is 1.31 bits per heavy atom. The van der Waals surface area contributed by atoms with Crippen molar-refractivity contribution in [2.45, 2.75) is 12.5 Å². The monoisotopic (exact) mass is 194 g/mol. The molecule has 1 fully saturated rings. The van der Waals surface area contributed by atoms with E-state index >= 15 is 0 Å². The van der Waals surface area contributed by atoms with Crippen LogP contribution in [0.3, 0.4) is 0 Å². The number of benzene rings is 1. The highest BCUT2D eigenvalue weighted by atomic mass is 32.2. The van der Waals surface area contributed by atoms with E-state index in [9.17, 15) is 4.79 Å². The van der Waals surface area contributed by atoms with Gasteiger partial charge in [-0.2, -0.15) is 0 Å². The number of thioether (sulfide) groups is 1. The average molecular weight is 194 g/mol. The molecular weight excluding hydrogens is 184 g/mol. The van der Waals surface area contributed by atoms with Crippen molar-refractivity contribution in [3.63, 3.8) is 0 Å². The second kappa shape index (κ2) is 3.94. The minimum atomic E-state index is -0.0325. The first kappa shape index (κ1) is 8.78. The van der Waals surface area contributed by atoms with Gasteiger partial charge in [-0.1, -0.05) is 42.1 Å². The molecule has 0 N–H and O–H groups in total. The highest BCUT2D eigenvalue weighted by Gasteiger charge is 2.21. The number of hydrogen-bond acceptors (Lipinski definition) is 3. The number of rotatable bonds is 1. The lowest BCUT2D eigenvalue weighted by Gasteiger charge is -2.21. The van der Waals surface area contributed by atoms with Crippen molar-refractivity contribution in [2.24, 2.45) is 0 Å². The maximum atomic E-state index is 11.1. The number of ether oxygens (including phenoxy) is 1. The minimum Gasteiger partial charge on any atom is -0.362 e. The van der Waals surface area contributed by atoms with Gasteiger partial charge in [-0.25, -0.2) is 0 Å². The highest BCUT2D eigenvalue weighted by Crippen LogP contribution is 2.29. The Bertz CT molecular complexity index is 297. The molecule has 13 heavy (non-hydrogen) atoms. The van der Waals surface area contributed by atoms with Crippen LogP contribution in [0.25, 0.3) is 0 Å². The molecule has 2 nitrogen and oxygen atoms in total. The fraction of sp³-hybridized carbons (Fsp3) is 0.300. The SMILES string of the molecule is O=C1CC(c2ccccc2)OCS1. The lowest BCUT2D eigenvalue weighted by atomic mass is 10.1. The van der Waals surface area contributed by atoms with Crippen molar-refractivity contribution >= 4 is 16.9 Å². The summed E-state index contributed by atoms with van der Waals surface area (Å²) in [7, 11) is 0. The summed E-state index contributed by atoms with van der Waals surface area (Å²) in [5, 5.41) is 0.222. The highest BCUT2D eigenvalue weighted by molar-refractivity contribution is 8.13. The van der Waals surface area contributed by atoms with Gasteiger partial charge < -0.3 is 4.74 Å². The lowest BCUT2D eigenvalue weighted by Crippen LogP contribution is -2.14. The van der Waals surface area contributed by atoms with Crippen LogP contribution in [0, 0.1) is 0 Å². The molecule has 0 radical (unpaired) electrons. The van der Waals surface area contributed by atoms with E-state index in [-0.39, 0.29) is 11.2 Å². The normalized spacial score (nSPS) is 23.1. The van der Waals surface area contributed by atoms with Gasteiger partial charge in [0.2, 0.25) is 0 Å². The average Bonchev–Trinajstić information content (AvgIpc) is 2.19. The molecule has 68 valence electrons. The summed E-state index contributed by atoms with van der Waals surface area (Å²) in [6.45, 7) is 0. The second-order valence-electron chi connectivity index (χ2n) is 2.90. The molecule has 1 heterocycles. The van der Waals surface area contributed by atoms with Crippen LogP contribution in [-0.2, 0) is 9.53 Å². The third kappa shape index (κ3) is 2.11. The van der Waals surface area contributed by atoms with Crippen LogP contribution in [0.1, 0.15) is 18.1 Å². The van der Waals surface area contributed by atoms with Gasteiger partial charge in [0.25, 0.3) is 0 Å². The summed E-state index contributed by atoms with van der Waals surface area (Å²) in [6, 6.07) is 9.88. The molecule has 2 rings (SSSR count). The Morgan fingerprint density at radius 3 is 2.77 bits per heavy atom. The van der Waals surface area contributed by atoms with Crippen LogP contribution in [0.5, 0.6) is 0 Å². The summed E-state index contributed by atoms with van der Waals surface area (Å²) < 4.78 is 5.48. The largest absolute Gasteiger partial charge is 0.362 e. The maximum Gasteiger partial charge on any atom is 0.194 e. The van der Waals surface area contributed by atoms with Crippen LogP contribution in [0.2, 0.25) is 0 Å². The molecule has 0 amide bonds. The Morgan fingerprint density at radius 2 is 2.08 bits per heavy atom. The van der Waals surface area contributed by atoms with E-state index in [4.69, 9.17) is 4.74 Å². The zero-order chi connectivity index (χ0) is 9.10. The van der Waals surface area contributed by atoms with Gasteiger partial charge in [0.1, 0.15) is 5.94 Å². The minimum absolute atomic E-state index is 0.0325. The number of carbonyl (C=O) groups is 1. The fourth-order valence-electron chi connectivity index (χ4n) is 1.33. The van der Waals surface area contributed by atoms with Gasteiger partial charge in [0, 0.05) is 6.42 Å². The third-order valence-corrected chi connectivity index (χ3v) is 2.76. The first-order valence-electron chi connectivity index (χ1n) is 4.18. The molecule has 1 aliphatic heterocycles. The lowest BCUT2D eigenvalue weighted by molar-refractivity contribution is -0.114. The van der Waals surface area contributed by atoms with E-state index in [1.807, 2.05) is 30.3 Å². The van der Waals surface area contributed by atoms with Gasteiger partial charge in [0.05, 0.1) is 6.10 Å². The van der Waals surface area contributed by atoms with Crippen LogP contribution >= 0.6 is 11.8 Å². The first-order chi connectivity index (χ1) is 6.36. The van der Waals surface area contributed by atoms with Gasteiger partial charge in [0.15, 0.2) is 5.12 Å². The Kier molecular flexibility index (Phi) is 2.66. The van der Waals surface area contributed by atoms with Crippen molar-refractivity contribution < 1.29 is 9.53 Å². The summed E-state index contributed by atoms with van der Waals surface area (Å²) in [6.07, 6.45) is 0.462. The van der Waals surface area contributed by atoms with E-state index in [0.29, 0.717) is 12.4 Å². The van der Waals surface area contributed by atoms with Crippen molar-refractivity contribution in [3.8, 4) is 0 Å². The number of hydrogen-bond donors (Lipinski definition) is 0. The van der Waals surface area contributed by atoms with Crippen LogP contribution in [0.4, 0.5) is 0 Å². The molecule has 0 bridgehead atoms. The Hall–Kier alpha value is -0.800. The van der Waals surface area contributed by atoms with Crippen LogP contribution in [-0.4, -0.2) is 11.1 Å². The van der Waals surface area contributed by atoms with Crippen molar-refractivity contribution in [1.82, 2.24) is 0 Å². The zero-order valence-corrected chi connectivity index (χ0v) is 7.92. The van der Waals surface area contributed by atoms with E-state index < -0.39 is 0 Å². The predicted molar refractivity (Wildman–Crippen MR) is 52.4 cm³/mol. The van der Waals surface area contributed by atoms with Gasteiger partial charge in [-0.15, -0.1) is 0 Å². The predicted octanol–water partition coefficient (Wildman–Crippen LogP) is 2.37. The maximum absolute atomic E-state index is 11.1. The molecule has 0 saturated carbocycles. The Labute approximate surface area is 81.3 Å². The van der Waals surface area contributed by atoms with Crippen LogP contribution in [0.15, 0.2) is 30.3 Å². The smallest absolute Gasteiger partial charge is 0.194 e. The molecule has 1 aliphatic rings. The number of carbonyl (C=O) groups excluding carboxylic acids is 1. The van der Waals surface area contributed by atoms with Crippen molar-refractivity contribution in [2.75, 3.05) is 5.94 Å². The molecular formula is C10H10O2S. The standard InChI is InChI=1S/C10H10O2S/c11-10-6-9(12-7-13-10)8-4-2-1-3-5-8/h1-5,9H,6-7H2. The molecule has 0 aromatic heterocycles. The molecule has 0 spiro atoms. The summed E-state index contributed by atoms with van der Waals surface area (Å²) >= 11 is 1.26. The fourth-order valence-corrected chi connectivity index (χ4v) is 1.97. The quantitative estimate of drug-likeness (QED) is 0.686. The van der Waals surface area contributed by atoms with E-state index in [2.05, 4.69) is 0 Å². The van der Waals surface area contributed by atoms with Gasteiger partial charge in [-0.05, 0) is 5.56 Å². The zero-order valence-electron chi connectivity index (χ0n) is 7.10. The second-order valence-corrected chi connectivity index (χ2v) is 3.88. The Balaban J connectivity index is 2.13. The summed E-state index contributed by atoms with van der Waals surface area (Å²) in [5.74, 6) is 0.485.